The fourth-order valence-corrected chi connectivity index (χ4v) is 4.11. The van der Waals surface area contributed by atoms with Gasteiger partial charge in [-0.3, -0.25) is 4.90 Å². The quantitative estimate of drug-likeness (QED) is 0.905. The highest BCUT2D eigenvalue weighted by Gasteiger charge is 2.30. The van der Waals surface area contributed by atoms with E-state index in [1.807, 2.05) is 0 Å². The van der Waals surface area contributed by atoms with Gasteiger partial charge in [-0.2, -0.15) is 0 Å². The second-order valence-corrected chi connectivity index (χ2v) is 6.88. The summed E-state index contributed by atoms with van der Waals surface area (Å²) < 4.78 is 0. The van der Waals surface area contributed by atoms with E-state index in [0.29, 0.717) is 18.7 Å². The Kier molecular flexibility index (Phi) is 5.88. The highest BCUT2D eigenvalue weighted by molar-refractivity contribution is 5.14. The van der Waals surface area contributed by atoms with E-state index in [9.17, 15) is 5.11 Å². The number of likely N-dealkylation sites (tertiary alicyclic amines) is 2. The zero-order valence-electron chi connectivity index (χ0n) is 13.7. The van der Waals surface area contributed by atoms with Crippen LogP contribution in [0.4, 0.5) is 0 Å². The molecule has 3 nitrogen and oxygen atoms in total. The molecule has 0 spiro atoms. The molecule has 1 unspecified atom stereocenters. The van der Waals surface area contributed by atoms with Gasteiger partial charge in [-0.25, -0.2) is 0 Å². The Hall–Kier alpha value is -0.900. The van der Waals surface area contributed by atoms with Crippen molar-refractivity contribution < 1.29 is 5.11 Å². The van der Waals surface area contributed by atoms with E-state index in [-0.39, 0.29) is 0 Å². The number of aliphatic hydroxyl groups excluding tert-OH is 1. The average Bonchev–Trinajstić information content (AvgIpc) is 2.61. The molecule has 2 fully saturated rings. The number of aliphatic hydroxyl groups is 1. The molecule has 2 aliphatic rings. The van der Waals surface area contributed by atoms with E-state index < -0.39 is 0 Å². The van der Waals surface area contributed by atoms with Crippen LogP contribution in [0.15, 0.2) is 30.3 Å². The van der Waals surface area contributed by atoms with Crippen molar-refractivity contribution in [2.45, 2.75) is 50.6 Å². The molecule has 2 saturated heterocycles. The smallest absolute Gasteiger partial charge is 0.0586 e. The van der Waals surface area contributed by atoms with Gasteiger partial charge in [0.05, 0.1) is 6.61 Å². The summed E-state index contributed by atoms with van der Waals surface area (Å²) in [6, 6.07) is 11.9. The molecule has 0 saturated carbocycles. The third kappa shape index (κ3) is 4.09. The molecular weight excluding hydrogens is 272 g/mol. The Morgan fingerprint density at radius 1 is 0.955 bits per heavy atom. The predicted molar refractivity (Wildman–Crippen MR) is 91.0 cm³/mol. The normalized spacial score (nSPS) is 25.4. The van der Waals surface area contributed by atoms with Gasteiger partial charge in [-0.15, -0.1) is 0 Å². The van der Waals surface area contributed by atoms with E-state index >= 15 is 0 Å². The standard InChI is InChI=1S/C19H30N2O/c22-16-19-8-4-5-12-21(19)18-10-14-20(15-11-18)13-9-17-6-2-1-3-7-17/h1-3,6-7,18-19,22H,4-5,8-16H2. The molecule has 1 aromatic rings. The van der Waals surface area contributed by atoms with Crippen molar-refractivity contribution in [3.63, 3.8) is 0 Å². The van der Waals surface area contributed by atoms with Gasteiger partial charge < -0.3 is 10.0 Å². The summed E-state index contributed by atoms with van der Waals surface area (Å²) in [4.78, 5) is 5.22. The molecule has 1 atom stereocenters. The molecule has 1 N–H and O–H groups in total. The first kappa shape index (κ1) is 16.0. The predicted octanol–water partition coefficient (Wildman–Crippen LogP) is 2.54. The number of rotatable bonds is 5. The van der Waals surface area contributed by atoms with Crippen LogP contribution in [-0.4, -0.2) is 59.8 Å². The van der Waals surface area contributed by atoms with Crippen molar-refractivity contribution in [1.29, 1.82) is 0 Å². The van der Waals surface area contributed by atoms with Crippen molar-refractivity contribution in [1.82, 2.24) is 9.80 Å². The molecule has 0 bridgehead atoms. The van der Waals surface area contributed by atoms with Crippen LogP contribution in [-0.2, 0) is 6.42 Å². The summed E-state index contributed by atoms with van der Waals surface area (Å²) in [5.41, 5.74) is 1.45. The number of piperidine rings is 2. The van der Waals surface area contributed by atoms with E-state index in [1.165, 1.54) is 63.8 Å². The lowest BCUT2D eigenvalue weighted by Gasteiger charge is -2.44. The lowest BCUT2D eigenvalue weighted by Crippen LogP contribution is -2.52. The Balaban J connectivity index is 1.44. The molecule has 0 aliphatic carbocycles. The minimum atomic E-state index is 0.341. The number of benzene rings is 1. The van der Waals surface area contributed by atoms with Crippen LogP contribution in [0.5, 0.6) is 0 Å². The molecule has 0 aromatic heterocycles. The van der Waals surface area contributed by atoms with Crippen LogP contribution < -0.4 is 0 Å². The van der Waals surface area contributed by atoms with Crippen LogP contribution in [0, 0.1) is 0 Å². The minimum Gasteiger partial charge on any atom is -0.395 e. The first-order valence-electron chi connectivity index (χ1n) is 8.99. The molecule has 3 heteroatoms. The lowest BCUT2D eigenvalue weighted by atomic mass is 9.95. The van der Waals surface area contributed by atoms with Crippen LogP contribution in [0.3, 0.4) is 0 Å². The topological polar surface area (TPSA) is 26.7 Å². The second-order valence-electron chi connectivity index (χ2n) is 6.88. The zero-order chi connectivity index (χ0) is 15.2. The van der Waals surface area contributed by atoms with Crippen LogP contribution in [0.1, 0.15) is 37.7 Å². The van der Waals surface area contributed by atoms with Gasteiger partial charge >= 0.3 is 0 Å². The van der Waals surface area contributed by atoms with Gasteiger partial charge in [-0.1, -0.05) is 36.8 Å². The zero-order valence-corrected chi connectivity index (χ0v) is 13.7. The molecule has 122 valence electrons. The SMILES string of the molecule is OCC1CCCCN1C1CCN(CCc2ccccc2)CC1. The first-order valence-corrected chi connectivity index (χ1v) is 8.99. The first-order chi connectivity index (χ1) is 10.9. The van der Waals surface area contributed by atoms with Crippen molar-refractivity contribution in [3.8, 4) is 0 Å². The largest absolute Gasteiger partial charge is 0.395 e. The second kappa shape index (κ2) is 8.09. The van der Waals surface area contributed by atoms with Crippen LogP contribution in [0.2, 0.25) is 0 Å². The maximum Gasteiger partial charge on any atom is 0.0586 e. The summed E-state index contributed by atoms with van der Waals surface area (Å²) in [6.45, 7) is 5.15. The third-order valence-corrected chi connectivity index (χ3v) is 5.47. The molecule has 0 amide bonds. The molecule has 1 aromatic carbocycles. The molecule has 3 rings (SSSR count). The fourth-order valence-electron chi connectivity index (χ4n) is 4.11. The van der Waals surface area contributed by atoms with Gasteiger partial charge in [0.1, 0.15) is 0 Å². The Bertz CT molecular complexity index is 428. The monoisotopic (exact) mass is 302 g/mol. The van der Waals surface area contributed by atoms with E-state index in [4.69, 9.17) is 0 Å². The van der Waals surface area contributed by atoms with E-state index in [0.717, 1.165) is 6.42 Å². The van der Waals surface area contributed by atoms with E-state index in [1.54, 1.807) is 0 Å². The number of nitrogens with zero attached hydrogens (tertiary/aromatic N) is 2. The molecule has 22 heavy (non-hydrogen) atoms. The summed E-state index contributed by atoms with van der Waals surface area (Å²) in [6.07, 6.45) is 7.48. The summed E-state index contributed by atoms with van der Waals surface area (Å²) in [7, 11) is 0. The van der Waals surface area contributed by atoms with Gasteiger partial charge in [0.2, 0.25) is 0 Å². The summed E-state index contributed by atoms with van der Waals surface area (Å²) in [5, 5.41) is 9.60. The number of hydrogen-bond donors (Lipinski definition) is 1. The Morgan fingerprint density at radius 3 is 2.45 bits per heavy atom. The summed E-state index contributed by atoms with van der Waals surface area (Å²) in [5.74, 6) is 0. The van der Waals surface area contributed by atoms with Crippen molar-refractivity contribution in [3.05, 3.63) is 35.9 Å². The van der Waals surface area contributed by atoms with Gasteiger partial charge in [0.25, 0.3) is 0 Å². The third-order valence-electron chi connectivity index (χ3n) is 5.47. The van der Waals surface area contributed by atoms with Gasteiger partial charge in [0.15, 0.2) is 0 Å². The van der Waals surface area contributed by atoms with Crippen LogP contribution in [0.25, 0.3) is 0 Å². The van der Waals surface area contributed by atoms with E-state index in [2.05, 4.69) is 40.1 Å². The molecule has 2 aliphatic heterocycles. The van der Waals surface area contributed by atoms with Gasteiger partial charge in [0, 0.05) is 18.6 Å². The van der Waals surface area contributed by atoms with Crippen molar-refractivity contribution >= 4 is 0 Å². The molecular formula is C19H30N2O. The number of hydrogen-bond acceptors (Lipinski definition) is 3. The molecule has 0 radical (unpaired) electrons. The Morgan fingerprint density at radius 2 is 1.73 bits per heavy atom. The summed E-state index contributed by atoms with van der Waals surface area (Å²) >= 11 is 0. The minimum absolute atomic E-state index is 0.341. The van der Waals surface area contributed by atoms with Crippen molar-refractivity contribution in [2.75, 3.05) is 32.8 Å². The van der Waals surface area contributed by atoms with Crippen molar-refractivity contribution in [2.24, 2.45) is 0 Å². The maximum atomic E-state index is 9.60. The lowest BCUT2D eigenvalue weighted by molar-refractivity contribution is 0.0244. The fraction of sp³-hybridized carbons (Fsp3) is 0.684. The average molecular weight is 302 g/mol. The van der Waals surface area contributed by atoms with Crippen LogP contribution >= 0.6 is 0 Å². The van der Waals surface area contributed by atoms with Gasteiger partial charge in [-0.05, 0) is 57.3 Å². The highest BCUT2D eigenvalue weighted by Crippen LogP contribution is 2.25. The Labute approximate surface area is 134 Å². The maximum absolute atomic E-state index is 9.60. The molecule has 2 heterocycles. The highest BCUT2D eigenvalue weighted by atomic mass is 16.3.